The highest BCUT2D eigenvalue weighted by atomic mass is 79.9. The van der Waals surface area contributed by atoms with Crippen LogP contribution in [0.15, 0.2) is 71.2 Å². The molecule has 0 bridgehead atoms. The molecule has 31 heavy (non-hydrogen) atoms. The van der Waals surface area contributed by atoms with Crippen molar-refractivity contribution in [3.8, 4) is 6.07 Å². The maximum absolute atomic E-state index is 13.8. The van der Waals surface area contributed by atoms with Gasteiger partial charge in [0.1, 0.15) is 11.9 Å². The standard InChI is InChI=1S/C23H18BrFN4OS/c24-17-7-5-15(6-8-17)11-12-27-23(31)28-18-9-10-21(16(13-18)14-26)29-22(30)19-3-1-2-4-20(19)25/h1-10,13H,11-12H2,(H,29,30)(H2,27,28,31). The van der Waals surface area contributed by atoms with Gasteiger partial charge in [-0.05, 0) is 66.7 Å². The Morgan fingerprint density at radius 1 is 1.06 bits per heavy atom. The Labute approximate surface area is 193 Å². The largest absolute Gasteiger partial charge is 0.362 e. The summed E-state index contributed by atoms with van der Waals surface area (Å²) in [6.07, 6.45) is 0.805. The molecule has 0 fully saturated rings. The van der Waals surface area contributed by atoms with Crippen molar-refractivity contribution in [1.29, 1.82) is 5.26 Å². The minimum absolute atomic E-state index is 0.0928. The highest BCUT2D eigenvalue weighted by molar-refractivity contribution is 9.10. The Kier molecular flexibility index (Phi) is 7.70. The van der Waals surface area contributed by atoms with E-state index in [1.54, 1.807) is 24.3 Å². The van der Waals surface area contributed by atoms with Crippen LogP contribution in [0.5, 0.6) is 0 Å². The predicted molar refractivity (Wildman–Crippen MR) is 128 cm³/mol. The molecule has 0 heterocycles. The molecule has 8 heteroatoms. The summed E-state index contributed by atoms with van der Waals surface area (Å²) >= 11 is 8.72. The molecule has 156 valence electrons. The molecule has 0 radical (unpaired) electrons. The lowest BCUT2D eigenvalue weighted by Gasteiger charge is -2.13. The molecule has 0 aliphatic carbocycles. The highest BCUT2D eigenvalue weighted by Crippen LogP contribution is 2.21. The third kappa shape index (κ3) is 6.35. The number of anilines is 2. The lowest BCUT2D eigenvalue weighted by molar-refractivity contribution is 0.102. The van der Waals surface area contributed by atoms with Crippen LogP contribution in [0, 0.1) is 17.1 Å². The van der Waals surface area contributed by atoms with Gasteiger partial charge in [0, 0.05) is 16.7 Å². The Morgan fingerprint density at radius 2 is 1.81 bits per heavy atom. The molecule has 3 aromatic carbocycles. The number of nitrogens with zero attached hydrogens (tertiary/aromatic N) is 1. The van der Waals surface area contributed by atoms with Crippen LogP contribution >= 0.6 is 28.1 Å². The molecular formula is C23H18BrFN4OS. The quantitative estimate of drug-likeness (QED) is 0.406. The molecule has 0 aliphatic rings. The van der Waals surface area contributed by atoms with Crippen LogP contribution < -0.4 is 16.0 Å². The number of thiocarbonyl (C=S) groups is 1. The first-order valence-corrected chi connectivity index (χ1v) is 10.6. The number of nitriles is 1. The van der Waals surface area contributed by atoms with Gasteiger partial charge in [0.05, 0.1) is 16.8 Å². The third-order valence-corrected chi connectivity index (χ3v) is 5.15. The number of hydrogen-bond donors (Lipinski definition) is 3. The summed E-state index contributed by atoms with van der Waals surface area (Å²) in [5.74, 6) is -1.25. The fourth-order valence-electron chi connectivity index (χ4n) is 2.81. The maximum atomic E-state index is 13.8. The third-order valence-electron chi connectivity index (χ3n) is 4.38. The van der Waals surface area contributed by atoms with Crippen molar-refractivity contribution in [3.63, 3.8) is 0 Å². The van der Waals surface area contributed by atoms with Crippen molar-refractivity contribution in [2.24, 2.45) is 0 Å². The zero-order chi connectivity index (χ0) is 22.2. The number of carbonyl (C=O) groups excluding carboxylic acids is 1. The van der Waals surface area contributed by atoms with Crippen molar-refractivity contribution in [2.45, 2.75) is 6.42 Å². The number of halogens is 2. The van der Waals surface area contributed by atoms with Crippen LogP contribution in [0.25, 0.3) is 0 Å². The minimum Gasteiger partial charge on any atom is -0.362 e. The Morgan fingerprint density at radius 3 is 2.52 bits per heavy atom. The normalized spacial score (nSPS) is 10.1. The molecule has 1 amide bonds. The predicted octanol–water partition coefficient (Wildman–Crippen LogP) is 5.24. The van der Waals surface area contributed by atoms with Gasteiger partial charge in [0.25, 0.3) is 5.91 Å². The van der Waals surface area contributed by atoms with E-state index in [1.807, 2.05) is 30.3 Å². The summed E-state index contributed by atoms with van der Waals surface area (Å²) < 4.78 is 14.8. The average Bonchev–Trinajstić information content (AvgIpc) is 2.76. The second-order valence-electron chi connectivity index (χ2n) is 6.56. The second kappa shape index (κ2) is 10.7. The number of rotatable bonds is 6. The second-order valence-corrected chi connectivity index (χ2v) is 7.89. The molecular weight excluding hydrogens is 479 g/mol. The van der Waals surface area contributed by atoms with E-state index in [4.69, 9.17) is 12.2 Å². The van der Waals surface area contributed by atoms with Crippen molar-refractivity contribution in [2.75, 3.05) is 17.2 Å². The summed E-state index contributed by atoms with van der Waals surface area (Å²) in [4.78, 5) is 12.3. The molecule has 0 saturated heterocycles. The van der Waals surface area contributed by atoms with Gasteiger partial charge in [-0.1, -0.05) is 40.2 Å². The summed E-state index contributed by atoms with van der Waals surface area (Å²) in [6, 6.07) is 20.6. The van der Waals surface area contributed by atoms with Gasteiger partial charge in [0.2, 0.25) is 0 Å². The molecule has 0 unspecified atom stereocenters. The van der Waals surface area contributed by atoms with Crippen LogP contribution in [0.4, 0.5) is 15.8 Å². The molecule has 3 N–H and O–H groups in total. The molecule has 0 aliphatic heterocycles. The van der Waals surface area contributed by atoms with E-state index < -0.39 is 11.7 Å². The molecule has 0 atom stereocenters. The Balaban J connectivity index is 1.58. The fraction of sp³-hybridized carbons (Fsp3) is 0.0870. The topological polar surface area (TPSA) is 77.0 Å². The van der Waals surface area contributed by atoms with E-state index in [0.717, 1.165) is 10.9 Å². The zero-order valence-electron chi connectivity index (χ0n) is 16.3. The molecule has 3 rings (SSSR count). The average molecular weight is 497 g/mol. The van der Waals surface area contributed by atoms with Crippen LogP contribution in [0.2, 0.25) is 0 Å². The van der Waals surface area contributed by atoms with E-state index in [9.17, 15) is 14.4 Å². The molecule has 5 nitrogen and oxygen atoms in total. The van der Waals surface area contributed by atoms with E-state index in [0.29, 0.717) is 17.3 Å². The number of hydrogen-bond acceptors (Lipinski definition) is 3. The van der Waals surface area contributed by atoms with E-state index in [-0.39, 0.29) is 16.8 Å². The first-order valence-electron chi connectivity index (χ1n) is 9.35. The van der Waals surface area contributed by atoms with Crippen molar-refractivity contribution in [3.05, 3.63) is 93.7 Å². The van der Waals surface area contributed by atoms with E-state index in [2.05, 4.69) is 31.9 Å². The van der Waals surface area contributed by atoms with Gasteiger partial charge in [-0.3, -0.25) is 4.79 Å². The van der Waals surface area contributed by atoms with E-state index in [1.165, 1.54) is 23.8 Å². The summed E-state index contributed by atoms with van der Waals surface area (Å²) in [5.41, 5.74) is 2.20. The fourth-order valence-corrected chi connectivity index (χ4v) is 3.29. The number of benzene rings is 3. The van der Waals surface area contributed by atoms with Crippen LogP contribution in [-0.2, 0) is 6.42 Å². The lowest BCUT2D eigenvalue weighted by atomic mass is 10.1. The number of nitrogens with one attached hydrogen (secondary N) is 3. The lowest BCUT2D eigenvalue weighted by Crippen LogP contribution is -2.30. The van der Waals surface area contributed by atoms with Gasteiger partial charge < -0.3 is 16.0 Å². The van der Waals surface area contributed by atoms with Crippen LogP contribution in [0.3, 0.4) is 0 Å². The number of carbonyl (C=O) groups is 1. The monoisotopic (exact) mass is 496 g/mol. The highest BCUT2D eigenvalue weighted by Gasteiger charge is 2.13. The van der Waals surface area contributed by atoms with Gasteiger partial charge in [-0.25, -0.2) is 4.39 Å². The molecule has 0 saturated carbocycles. The zero-order valence-corrected chi connectivity index (χ0v) is 18.7. The smallest absolute Gasteiger partial charge is 0.258 e. The summed E-state index contributed by atoms with van der Waals surface area (Å²) in [7, 11) is 0. The molecule has 0 spiro atoms. The Bertz CT molecular complexity index is 1150. The first kappa shape index (κ1) is 22.4. The van der Waals surface area contributed by atoms with Crippen molar-refractivity contribution < 1.29 is 9.18 Å². The summed E-state index contributed by atoms with van der Waals surface area (Å²) in [6.45, 7) is 0.648. The van der Waals surface area contributed by atoms with Gasteiger partial charge in [-0.2, -0.15) is 5.26 Å². The SMILES string of the molecule is N#Cc1cc(NC(=S)NCCc2ccc(Br)cc2)ccc1NC(=O)c1ccccc1F. The van der Waals surface area contributed by atoms with E-state index >= 15 is 0 Å². The maximum Gasteiger partial charge on any atom is 0.258 e. The van der Waals surface area contributed by atoms with Crippen molar-refractivity contribution >= 4 is 50.5 Å². The van der Waals surface area contributed by atoms with Crippen LogP contribution in [0.1, 0.15) is 21.5 Å². The number of amides is 1. The van der Waals surface area contributed by atoms with Crippen LogP contribution in [-0.4, -0.2) is 17.6 Å². The Hall–Kier alpha value is -3.28. The summed E-state index contributed by atoms with van der Waals surface area (Å²) in [5, 5.41) is 18.6. The van der Waals surface area contributed by atoms with Gasteiger partial charge in [0.15, 0.2) is 5.11 Å². The van der Waals surface area contributed by atoms with Gasteiger partial charge in [-0.15, -0.1) is 0 Å². The van der Waals surface area contributed by atoms with Gasteiger partial charge >= 0.3 is 0 Å². The van der Waals surface area contributed by atoms with Crippen molar-refractivity contribution in [1.82, 2.24) is 5.32 Å². The molecule has 3 aromatic rings. The minimum atomic E-state index is -0.628. The first-order chi connectivity index (χ1) is 15.0. The molecule has 0 aromatic heterocycles.